The molecule has 1 aromatic carbocycles. The summed E-state index contributed by atoms with van der Waals surface area (Å²) in [5.74, 6) is 0. The summed E-state index contributed by atoms with van der Waals surface area (Å²) >= 11 is 0. The normalized spacial score (nSPS) is 12.9. The Morgan fingerprint density at radius 3 is 2.46 bits per heavy atom. The molecule has 1 unspecified atom stereocenters. The maximum atomic E-state index is 4.88. The van der Waals surface area contributed by atoms with Crippen LogP contribution in [0.25, 0.3) is 0 Å². The molecule has 0 bridgehead atoms. The molecule has 0 aliphatic carbocycles. The van der Waals surface area contributed by atoms with Crippen molar-refractivity contribution >= 4 is 0 Å². The molecule has 0 heterocycles. The minimum absolute atomic E-state index is 0.240. The van der Waals surface area contributed by atoms with Gasteiger partial charge < -0.3 is 4.84 Å². The van der Waals surface area contributed by atoms with Crippen LogP contribution in [0.4, 0.5) is 0 Å². The van der Waals surface area contributed by atoms with Gasteiger partial charge in [0.1, 0.15) is 0 Å². The minimum atomic E-state index is 0.240. The van der Waals surface area contributed by atoms with Gasteiger partial charge in [0.2, 0.25) is 0 Å². The molecule has 0 aliphatic heterocycles. The standard InChI is InChI=1S/C11H17NO/c1-8-5-6-11(7-9(8)2)10(3)12-13-4/h5-7,10,12H,1-4H3. The van der Waals surface area contributed by atoms with Crippen molar-refractivity contribution in [3.63, 3.8) is 0 Å². The highest BCUT2D eigenvalue weighted by molar-refractivity contribution is 5.31. The van der Waals surface area contributed by atoms with Gasteiger partial charge in [0.15, 0.2) is 0 Å². The lowest BCUT2D eigenvalue weighted by atomic mass is 10.0. The summed E-state index contributed by atoms with van der Waals surface area (Å²) in [4.78, 5) is 4.88. The fraction of sp³-hybridized carbons (Fsp3) is 0.455. The summed E-state index contributed by atoms with van der Waals surface area (Å²) < 4.78 is 0. The lowest BCUT2D eigenvalue weighted by molar-refractivity contribution is 0.0658. The van der Waals surface area contributed by atoms with Crippen molar-refractivity contribution in [1.82, 2.24) is 5.48 Å². The van der Waals surface area contributed by atoms with Crippen LogP contribution < -0.4 is 5.48 Å². The number of hydroxylamine groups is 1. The van der Waals surface area contributed by atoms with Gasteiger partial charge in [-0.25, -0.2) is 0 Å². The van der Waals surface area contributed by atoms with E-state index >= 15 is 0 Å². The van der Waals surface area contributed by atoms with Crippen LogP contribution in [-0.4, -0.2) is 7.11 Å². The highest BCUT2D eigenvalue weighted by Gasteiger charge is 2.04. The predicted molar refractivity (Wildman–Crippen MR) is 54.5 cm³/mol. The fourth-order valence-electron chi connectivity index (χ4n) is 1.28. The van der Waals surface area contributed by atoms with Gasteiger partial charge in [-0.15, -0.1) is 0 Å². The van der Waals surface area contributed by atoms with Crippen LogP contribution in [0.15, 0.2) is 18.2 Å². The summed E-state index contributed by atoms with van der Waals surface area (Å²) in [5.41, 5.74) is 6.81. The number of hydrogen-bond acceptors (Lipinski definition) is 2. The second-order valence-corrected chi connectivity index (χ2v) is 3.39. The van der Waals surface area contributed by atoms with E-state index in [4.69, 9.17) is 4.84 Å². The highest BCUT2D eigenvalue weighted by atomic mass is 16.6. The number of nitrogens with one attached hydrogen (secondary N) is 1. The van der Waals surface area contributed by atoms with Gasteiger partial charge in [-0.2, -0.15) is 5.48 Å². The molecule has 0 spiro atoms. The Morgan fingerprint density at radius 1 is 1.23 bits per heavy atom. The van der Waals surface area contributed by atoms with Gasteiger partial charge >= 0.3 is 0 Å². The van der Waals surface area contributed by atoms with E-state index in [1.54, 1.807) is 7.11 Å². The molecule has 0 fully saturated rings. The Kier molecular flexibility index (Phi) is 3.46. The van der Waals surface area contributed by atoms with Crippen molar-refractivity contribution in [2.45, 2.75) is 26.8 Å². The molecular weight excluding hydrogens is 162 g/mol. The third kappa shape index (κ3) is 2.54. The summed E-state index contributed by atoms with van der Waals surface area (Å²) in [5, 5.41) is 0. The number of aryl methyl sites for hydroxylation is 2. The summed E-state index contributed by atoms with van der Waals surface area (Å²) in [6.45, 7) is 6.32. The molecule has 2 heteroatoms. The molecule has 1 atom stereocenters. The monoisotopic (exact) mass is 179 g/mol. The summed E-state index contributed by atoms with van der Waals surface area (Å²) in [7, 11) is 1.64. The third-order valence-corrected chi connectivity index (χ3v) is 2.33. The van der Waals surface area contributed by atoms with E-state index in [0.29, 0.717) is 0 Å². The van der Waals surface area contributed by atoms with E-state index in [9.17, 15) is 0 Å². The molecule has 72 valence electrons. The van der Waals surface area contributed by atoms with Crippen LogP contribution in [0, 0.1) is 13.8 Å². The van der Waals surface area contributed by atoms with Crippen molar-refractivity contribution in [1.29, 1.82) is 0 Å². The fourth-order valence-corrected chi connectivity index (χ4v) is 1.28. The first-order valence-electron chi connectivity index (χ1n) is 4.51. The van der Waals surface area contributed by atoms with Crippen molar-refractivity contribution < 1.29 is 4.84 Å². The van der Waals surface area contributed by atoms with Gasteiger partial charge in [-0.05, 0) is 37.5 Å². The van der Waals surface area contributed by atoms with E-state index < -0.39 is 0 Å². The molecular formula is C11H17NO. The van der Waals surface area contributed by atoms with Gasteiger partial charge in [0.05, 0.1) is 13.2 Å². The van der Waals surface area contributed by atoms with Gasteiger partial charge in [-0.1, -0.05) is 18.2 Å². The topological polar surface area (TPSA) is 21.3 Å². The molecule has 0 saturated heterocycles. The van der Waals surface area contributed by atoms with Crippen LogP contribution in [0.3, 0.4) is 0 Å². The Balaban J connectivity index is 2.84. The highest BCUT2D eigenvalue weighted by Crippen LogP contribution is 2.16. The summed E-state index contributed by atoms with van der Waals surface area (Å²) in [6.07, 6.45) is 0. The number of hydrogen-bond donors (Lipinski definition) is 1. The van der Waals surface area contributed by atoms with Crippen LogP contribution >= 0.6 is 0 Å². The SMILES string of the molecule is CONC(C)c1ccc(C)c(C)c1. The zero-order chi connectivity index (χ0) is 9.84. The first kappa shape index (κ1) is 10.2. The largest absolute Gasteiger partial charge is 0.305 e. The van der Waals surface area contributed by atoms with Crippen molar-refractivity contribution in [2.24, 2.45) is 0 Å². The van der Waals surface area contributed by atoms with Gasteiger partial charge in [-0.3, -0.25) is 0 Å². The first-order chi connectivity index (χ1) is 6.15. The van der Waals surface area contributed by atoms with E-state index in [1.165, 1.54) is 16.7 Å². The second-order valence-electron chi connectivity index (χ2n) is 3.39. The van der Waals surface area contributed by atoms with E-state index in [1.807, 2.05) is 0 Å². The maximum absolute atomic E-state index is 4.88. The number of benzene rings is 1. The van der Waals surface area contributed by atoms with Crippen LogP contribution in [0.2, 0.25) is 0 Å². The molecule has 2 nitrogen and oxygen atoms in total. The Morgan fingerprint density at radius 2 is 1.92 bits per heavy atom. The molecule has 0 aromatic heterocycles. The number of rotatable bonds is 3. The van der Waals surface area contributed by atoms with E-state index in [-0.39, 0.29) is 6.04 Å². The van der Waals surface area contributed by atoms with Crippen LogP contribution in [0.5, 0.6) is 0 Å². The average molecular weight is 179 g/mol. The zero-order valence-corrected chi connectivity index (χ0v) is 8.72. The van der Waals surface area contributed by atoms with E-state index in [2.05, 4.69) is 44.5 Å². The van der Waals surface area contributed by atoms with Gasteiger partial charge in [0, 0.05) is 0 Å². The van der Waals surface area contributed by atoms with Crippen molar-refractivity contribution in [3.8, 4) is 0 Å². The molecule has 0 radical (unpaired) electrons. The van der Waals surface area contributed by atoms with Crippen molar-refractivity contribution in [3.05, 3.63) is 34.9 Å². The molecule has 0 amide bonds. The van der Waals surface area contributed by atoms with Crippen LogP contribution in [0.1, 0.15) is 29.7 Å². The Hall–Kier alpha value is -0.860. The minimum Gasteiger partial charge on any atom is -0.305 e. The quantitative estimate of drug-likeness (QED) is 0.720. The molecule has 1 rings (SSSR count). The van der Waals surface area contributed by atoms with Crippen molar-refractivity contribution in [2.75, 3.05) is 7.11 Å². The zero-order valence-electron chi connectivity index (χ0n) is 8.72. The van der Waals surface area contributed by atoms with Gasteiger partial charge in [0.25, 0.3) is 0 Å². The molecule has 13 heavy (non-hydrogen) atoms. The maximum Gasteiger partial charge on any atom is 0.0572 e. The molecule has 0 aliphatic rings. The van der Waals surface area contributed by atoms with Crippen LogP contribution in [-0.2, 0) is 4.84 Å². The molecule has 1 aromatic rings. The smallest absolute Gasteiger partial charge is 0.0572 e. The summed E-state index contributed by atoms with van der Waals surface area (Å²) in [6, 6.07) is 6.69. The average Bonchev–Trinajstić information content (AvgIpc) is 2.10. The Bertz CT molecular complexity index is 283. The molecule has 0 saturated carbocycles. The predicted octanol–water partition coefficient (Wildman–Crippen LogP) is 2.52. The third-order valence-electron chi connectivity index (χ3n) is 2.33. The lowest BCUT2D eigenvalue weighted by Crippen LogP contribution is -2.16. The van der Waals surface area contributed by atoms with E-state index in [0.717, 1.165) is 0 Å². The Labute approximate surface area is 79.9 Å². The molecule has 1 N–H and O–H groups in total. The lowest BCUT2D eigenvalue weighted by Gasteiger charge is -2.13. The first-order valence-corrected chi connectivity index (χ1v) is 4.51. The second kappa shape index (κ2) is 4.40.